The van der Waals surface area contributed by atoms with E-state index in [9.17, 15) is 14.0 Å². The number of halogens is 3. The molecule has 0 radical (unpaired) electrons. The van der Waals surface area contributed by atoms with Gasteiger partial charge in [0.25, 0.3) is 5.91 Å². The minimum atomic E-state index is -0.726. The average Bonchev–Trinajstić information content (AvgIpc) is 2.49. The molecule has 0 spiro atoms. The first-order valence-corrected chi connectivity index (χ1v) is 7.24. The predicted molar refractivity (Wildman–Crippen MR) is 77.1 cm³/mol. The minimum absolute atomic E-state index is 0.00521. The fraction of sp³-hybridized carbons (Fsp3) is 0.429. The molecule has 0 saturated carbocycles. The van der Waals surface area contributed by atoms with Crippen LogP contribution in [0.25, 0.3) is 0 Å². The number of methoxy groups -OCH3 is 1. The van der Waals surface area contributed by atoms with Gasteiger partial charge in [-0.3, -0.25) is 4.79 Å². The van der Waals surface area contributed by atoms with Crippen LogP contribution < -0.4 is 0 Å². The van der Waals surface area contributed by atoms with E-state index in [-0.39, 0.29) is 15.6 Å². The summed E-state index contributed by atoms with van der Waals surface area (Å²) in [5.74, 6) is -1.70. The zero-order chi connectivity index (χ0) is 15.6. The molecule has 1 aromatic rings. The van der Waals surface area contributed by atoms with E-state index < -0.39 is 23.7 Å². The van der Waals surface area contributed by atoms with Crippen molar-refractivity contribution in [1.29, 1.82) is 0 Å². The number of esters is 1. The Kier molecular flexibility index (Phi) is 5.06. The summed E-state index contributed by atoms with van der Waals surface area (Å²) in [6, 6.07) is 1.52. The molecule has 1 aliphatic heterocycles. The molecule has 1 aliphatic rings. The number of hydrogen-bond acceptors (Lipinski definition) is 3. The van der Waals surface area contributed by atoms with Gasteiger partial charge >= 0.3 is 5.97 Å². The van der Waals surface area contributed by atoms with Crippen LogP contribution in [0.15, 0.2) is 12.1 Å². The van der Waals surface area contributed by atoms with Crippen LogP contribution in [0, 0.1) is 5.82 Å². The maximum atomic E-state index is 13.6. The third-order valence-electron chi connectivity index (χ3n) is 3.48. The zero-order valence-electron chi connectivity index (χ0n) is 11.4. The number of nitrogens with zero attached hydrogens (tertiary/aromatic N) is 1. The molecule has 0 N–H and O–H groups in total. The van der Waals surface area contributed by atoms with E-state index in [4.69, 9.17) is 27.9 Å². The Morgan fingerprint density at radius 3 is 2.67 bits per heavy atom. The van der Waals surface area contributed by atoms with Crippen molar-refractivity contribution in [2.75, 3.05) is 13.7 Å². The van der Waals surface area contributed by atoms with Gasteiger partial charge in [-0.05, 0) is 31.4 Å². The Morgan fingerprint density at radius 1 is 1.29 bits per heavy atom. The van der Waals surface area contributed by atoms with E-state index >= 15 is 0 Å². The van der Waals surface area contributed by atoms with E-state index in [0.29, 0.717) is 13.0 Å². The fourth-order valence-electron chi connectivity index (χ4n) is 2.40. The van der Waals surface area contributed by atoms with Gasteiger partial charge in [-0.25, -0.2) is 9.18 Å². The maximum absolute atomic E-state index is 13.6. The molecule has 1 fully saturated rings. The van der Waals surface area contributed by atoms with Crippen molar-refractivity contribution in [2.24, 2.45) is 0 Å². The molecule has 0 bridgehead atoms. The van der Waals surface area contributed by atoms with Crippen LogP contribution in [-0.2, 0) is 9.53 Å². The van der Waals surface area contributed by atoms with Gasteiger partial charge in [-0.15, -0.1) is 0 Å². The van der Waals surface area contributed by atoms with Crippen LogP contribution in [-0.4, -0.2) is 36.5 Å². The number of carbonyl (C=O) groups excluding carboxylic acids is 2. The molecule has 114 valence electrons. The first-order valence-electron chi connectivity index (χ1n) is 6.49. The monoisotopic (exact) mass is 333 g/mol. The largest absolute Gasteiger partial charge is 0.467 e. The quantitative estimate of drug-likeness (QED) is 0.616. The Bertz CT molecular complexity index is 580. The number of amides is 1. The second-order valence-corrected chi connectivity index (χ2v) is 5.59. The summed E-state index contributed by atoms with van der Waals surface area (Å²) in [6.45, 7) is 0.402. The molecule has 1 aromatic carbocycles. The predicted octanol–water partition coefficient (Wildman–Crippen LogP) is 3.30. The molecule has 2 rings (SSSR count). The highest BCUT2D eigenvalue weighted by Crippen LogP contribution is 2.28. The molecule has 1 saturated heterocycles. The highest BCUT2D eigenvalue weighted by Gasteiger charge is 2.34. The number of rotatable bonds is 2. The van der Waals surface area contributed by atoms with Crippen LogP contribution >= 0.6 is 23.2 Å². The maximum Gasteiger partial charge on any atom is 0.328 e. The van der Waals surface area contributed by atoms with E-state index in [2.05, 4.69) is 0 Å². The van der Waals surface area contributed by atoms with Crippen molar-refractivity contribution in [3.05, 3.63) is 33.6 Å². The first kappa shape index (κ1) is 16.0. The molecule has 7 heteroatoms. The number of ether oxygens (including phenoxy) is 1. The molecular weight excluding hydrogens is 320 g/mol. The van der Waals surface area contributed by atoms with Crippen molar-refractivity contribution < 1.29 is 18.7 Å². The molecule has 0 aromatic heterocycles. The van der Waals surface area contributed by atoms with Crippen LogP contribution in [0.1, 0.15) is 29.6 Å². The Balaban J connectivity index is 2.33. The number of piperidine rings is 1. The Labute approximate surface area is 131 Å². The third kappa shape index (κ3) is 3.30. The van der Waals surface area contributed by atoms with Crippen molar-refractivity contribution in [3.63, 3.8) is 0 Å². The summed E-state index contributed by atoms with van der Waals surface area (Å²) < 4.78 is 18.3. The van der Waals surface area contributed by atoms with Gasteiger partial charge in [0.2, 0.25) is 0 Å². The lowest BCUT2D eigenvalue weighted by atomic mass is 10.0. The van der Waals surface area contributed by atoms with Gasteiger partial charge < -0.3 is 9.64 Å². The van der Waals surface area contributed by atoms with Crippen molar-refractivity contribution in [2.45, 2.75) is 25.3 Å². The molecule has 21 heavy (non-hydrogen) atoms. The molecular formula is C14H14Cl2FNO3. The van der Waals surface area contributed by atoms with Crippen LogP contribution in [0.2, 0.25) is 10.0 Å². The van der Waals surface area contributed by atoms with E-state index in [0.717, 1.165) is 18.9 Å². The van der Waals surface area contributed by atoms with Crippen molar-refractivity contribution >= 4 is 35.1 Å². The van der Waals surface area contributed by atoms with Crippen LogP contribution in [0.3, 0.4) is 0 Å². The van der Waals surface area contributed by atoms with Crippen molar-refractivity contribution in [3.8, 4) is 0 Å². The number of likely N-dealkylation sites (tertiary alicyclic amines) is 1. The SMILES string of the molecule is COC(=O)C1CCCCN1C(=O)c1cc(F)c(Cl)cc1Cl. The minimum Gasteiger partial charge on any atom is -0.467 e. The summed E-state index contributed by atoms with van der Waals surface area (Å²) in [7, 11) is 1.27. The lowest BCUT2D eigenvalue weighted by Gasteiger charge is -2.34. The zero-order valence-corrected chi connectivity index (χ0v) is 12.9. The first-order chi connectivity index (χ1) is 9.95. The molecule has 1 atom stereocenters. The molecule has 0 aliphatic carbocycles. The van der Waals surface area contributed by atoms with Crippen LogP contribution in [0.4, 0.5) is 4.39 Å². The standard InChI is InChI=1S/C14H14Cl2FNO3/c1-21-14(20)12-4-2-3-5-18(12)13(19)8-6-11(17)10(16)7-9(8)15/h6-7,12H,2-5H2,1H3. The highest BCUT2D eigenvalue weighted by molar-refractivity contribution is 6.36. The summed E-state index contributed by atoms with van der Waals surface area (Å²) >= 11 is 11.6. The summed E-state index contributed by atoms with van der Waals surface area (Å²) in [5.41, 5.74) is -0.00521. The van der Waals surface area contributed by atoms with Gasteiger partial charge in [0, 0.05) is 6.54 Å². The topological polar surface area (TPSA) is 46.6 Å². The number of hydrogen-bond donors (Lipinski definition) is 0. The highest BCUT2D eigenvalue weighted by atomic mass is 35.5. The molecule has 1 amide bonds. The van der Waals surface area contributed by atoms with Gasteiger partial charge in [-0.1, -0.05) is 23.2 Å². The van der Waals surface area contributed by atoms with Gasteiger partial charge in [0.15, 0.2) is 0 Å². The average molecular weight is 334 g/mol. The lowest BCUT2D eigenvalue weighted by molar-refractivity contribution is -0.147. The molecule has 1 unspecified atom stereocenters. The number of carbonyl (C=O) groups is 2. The second kappa shape index (κ2) is 6.62. The summed E-state index contributed by atoms with van der Waals surface area (Å²) in [6.07, 6.45) is 2.12. The van der Waals surface area contributed by atoms with Gasteiger partial charge in [-0.2, -0.15) is 0 Å². The van der Waals surface area contributed by atoms with E-state index in [1.807, 2.05) is 0 Å². The molecule has 4 nitrogen and oxygen atoms in total. The smallest absolute Gasteiger partial charge is 0.328 e. The summed E-state index contributed by atoms with van der Waals surface area (Å²) in [4.78, 5) is 25.7. The summed E-state index contributed by atoms with van der Waals surface area (Å²) in [5, 5.41) is -0.0969. The molecule has 1 heterocycles. The lowest BCUT2D eigenvalue weighted by Crippen LogP contribution is -2.48. The Morgan fingerprint density at radius 2 is 2.00 bits per heavy atom. The van der Waals surface area contributed by atoms with E-state index in [1.165, 1.54) is 18.1 Å². The van der Waals surface area contributed by atoms with Gasteiger partial charge in [0.05, 0.1) is 22.7 Å². The van der Waals surface area contributed by atoms with Gasteiger partial charge in [0.1, 0.15) is 11.9 Å². The fourth-order valence-corrected chi connectivity index (χ4v) is 2.86. The van der Waals surface area contributed by atoms with E-state index in [1.54, 1.807) is 0 Å². The normalized spacial score (nSPS) is 18.5. The third-order valence-corrected chi connectivity index (χ3v) is 4.08. The van der Waals surface area contributed by atoms with Crippen molar-refractivity contribution in [1.82, 2.24) is 4.90 Å². The number of benzene rings is 1. The Hall–Kier alpha value is -1.33. The second-order valence-electron chi connectivity index (χ2n) is 4.78. The van der Waals surface area contributed by atoms with Crippen LogP contribution in [0.5, 0.6) is 0 Å².